The minimum atomic E-state index is -0.459. The van der Waals surface area contributed by atoms with Crippen molar-refractivity contribution in [2.45, 2.75) is 58.3 Å². The maximum Gasteiger partial charge on any atom is 0.269 e. The van der Waals surface area contributed by atoms with E-state index >= 15 is 0 Å². The van der Waals surface area contributed by atoms with E-state index in [0.29, 0.717) is 17.0 Å². The molecule has 3 rings (SSSR count). The summed E-state index contributed by atoms with van der Waals surface area (Å²) >= 11 is 5.06. The van der Waals surface area contributed by atoms with Crippen LogP contribution in [0.25, 0.3) is 0 Å². The molecule has 8 nitrogen and oxygen atoms in total. The number of thiocarbonyl (C=S) groups is 1. The molecular weight excluding hydrogens is 476 g/mol. The van der Waals surface area contributed by atoms with Crippen LogP contribution in [0.5, 0.6) is 5.75 Å². The fraction of sp³-hybridized carbons (Fsp3) is 0.407. The average molecular weight is 511 g/mol. The van der Waals surface area contributed by atoms with Crippen LogP contribution >= 0.6 is 12.2 Å². The number of hydrazine groups is 1. The summed E-state index contributed by atoms with van der Waals surface area (Å²) in [6.45, 7) is 6.14. The molecule has 2 aromatic rings. The van der Waals surface area contributed by atoms with Crippen molar-refractivity contribution in [1.82, 2.24) is 16.2 Å². The zero-order valence-electron chi connectivity index (χ0n) is 21.0. The minimum Gasteiger partial charge on any atom is -0.484 e. The fourth-order valence-corrected chi connectivity index (χ4v) is 4.06. The van der Waals surface area contributed by atoms with Crippen molar-refractivity contribution in [2.75, 3.05) is 11.9 Å². The van der Waals surface area contributed by atoms with Gasteiger partial charge in [-0.2, -0.15) is 0 Å². The monoisotopic (exact) mass is 510 g/mol. The first kappa shape index (κ1) is 27.1. The van der Waals surface area contributed by atoms with Crippen molar-refractivity contribution >= 4 is 40.7 Å². The Kier molecular flexibility index (Phi) is 9.41. The topological polar surface area (TPSA) is 109 Å². The highest BCUT2D eigenvalue weighted by molar-refractivity contribution is 7.80. The molecule has 0 radical (unpaired) electrons. The lowest BCUT2D eigenvalue weighted by molar-refractivity contribution is -0.122. The maximum atomic E-state index is 12.4. The van der Waals surface area contributed by atoms with Crippen molar-refractivity contribution in [3.05, 3.63) is 59.7 Å². The Bertz CT molecular complexity index is 1070. The van der Waals surface area contributed by atoms with Crippen LogP contribution in [0.15, 0.2) is 48.5 Å². The van der Waals surface area contributed by atoms with Gasteiger partial charge in [-0.15, -0.1) is 0 Å². The Morgan fingerprint density at radius 2 is 1.56 bits per heavy atom. The predicted molar refractivity (Wildman–Crippen MR) is 144 cm³/mol. The van der Waals surface area contributed by atoms with Gasteiger partial charge in [0, 0.05) is 17.2 Å². The lowest BCUT2D eigenvalue weighted by atomic mass is 9.87. The van der Waals surface area contributed by atoms with E-state index < -0.39 is 11.8 Å². The van der Waals surface area contributed by atoms with Crippen molar-refractivity contribution in [3.63, 3.8) is 0 Å². The molecule has 1 saturated carbocycles. The van der Waals surface area contributed by atoms with Gasteiger partial charge in [0.25, 0.3) is 11.8 Å². The van der Waals surface area contributed by atoms with Crippen molar-refractivity contribution in [2.24, 2.45) is 5.92 Å². The molecule has 1 aliphatic carbocycles. The second kappa shape index (κ2) is 12.5. The molecule has 0 aliphatic heterocycles. The molecule has 4 N–H and O–H groups in total. The summed E-state index contributed by atoms with van der Waals surface area (Å²) in [5.41, 5.74) is 7.15. The zero-order chi connectivity index (χ0) is 26.1. The first-order chi connectivity index (χ1) is 17.1. The van der Waals surface area contributed by atoms with Gasteiger partial charge in [-0.05, 0) is 72.4 Å². The molecule has 36 heavy (non-hydrogen) atoms. The Morgan fingerprint density at radius 3 is 2.17 bits per heavy atom. The Morgan fingerprint density at radius 1 is 0.917 bits per heavy atom. The number of rotatable bonds is 6. The van der Waals surface area contributed by atoms with E-state index in [4.69, 9.17) is 17.0 Å². The number of anilines is 1. The first-order valence-corrected chi connectivity index (χ1v) is 12.6. The smallest absolute Gasteiger partial charge is 0.269 e. The molecule has 2 aromatic carbocycles. The largest absolute Gasteiger partial charge is 0.484 e. The van der Waals surface area contributed by atoms with Gasteiger partial charge >= 0.3 is 0 Å². The van der Waals surface area contributed by atoms with Crippen LogP contribution in [0.1, 0.15) is 68.8 Å². The van der Waals surface area contributed by atoms with Crippen LogP contribution in [0, 0.1) is 5.92 Å². The van der Waals surface area contributed by atoms with Crippen molar-refractivity contribution in [1.29, 1.82) is 0 Å². The molecular formula is C27H34N4O4S. The van der Waals surface area contributed by atoms with Crippen molar-refractivity contribution in [3.8, 4) is 5.75 Å². The second-order valence-electron chi connectivity index (χ2n) is 9.92. The van der Waals surface area contributed by atoms with Crippen LogP contribution in [0.4, 0.5) is 5.69 Å². The third kappa shape index (κ3) is 8.34. The highest BCUT2D eigenvalue weighted by Crippen LogP contribution is 2.25. The van der Waals surface area contributed by atoms with E-state index in [-0.39, 0.29) is 29.0 Å². The summed E-state index contributed by atoms with van der Waals surface area (Å²) in [5, 5.41) is 5.31. The molecule has 0 aromatic heterocycles. The number of benzene rings is 2. The predicted octanol–water partition coefficient (Wildman–Crippen LogP) is 4.22. The normalized spacial score (nSPS) is 13.9. The molecule has 0 saturated heterocycles. The summed E-state index contributed by atoms with van der Waals surface area (Å²) in [6, 6.07) is 14.1. The standard InChI is InChI=1S/C27H34N4O4S/c1-27(2,3)20-11-15-22(16-12-20)35-17-23(32)29-26(36)31-30-25(34)19-9-13-21(14-10-19)28-24(33)18-7-5-4-6-8-18/h9-16,18H,4-8,17H2,1-3H3,(H,28,33)(H,30,34)(H2,29,31,32,36). The van der Waals surface area contributed by atoms with E-state index in [1.54, 1.807) is 24.3 Å². The van der Waals surface area contributed by atoms with Crippen molar-refractivity contribution < 1.29 is 19.1 Å². The third-order valence-corrected chi connectivity index (χ3v) is 6.23. The summed E-state index contributed by atoms with van der Waals surface area (Å²) in [6.07, 6.45) is 5.21. The Balaban J connectivity index is 1.38. The number of amides is 3. The number of hydrogen-bond donors (Lipinski definition) is 4. The molecule has 0 spiro atoms. The molecule has 0 bridgehead atoms. The quantitative estimate of drug-likeness (QED) is 0.342. The lowest BCUT2D eigenvalue weighted by Gasteiger charge is -2.20. The molecule has 0 unspecified atom stereocenters. The molecule has 1 aliphatic rings. The van der Waals surface area contributed by atoms with E-state index in [0.717, 1.165) is 25.7 Å². The summed E-state index contributed by atoms with van der Waals surface area (Å²) in [5.74, 6) is -0.238. The van der Waals surface area contributed by atoms with Crippen LogP contribution in [0.2, 0.25) is 0 Å². The lowest BCUT2D eigenvalue weighted by Crippen LogP contribution is -2.49. The summed E-state index contributed by atoms with van der Waals surface area (Å²) in [7, 11) is 0. The van der Waals surface area contributed by atoms with Gasteiger partial charge in [0.2, 0.25) is 5.91 Å². The second-order valence-corrected chi connectivity index (χ2v) is 10.3. The average Bonchev–Trinajstić information content (AvgIpc) is 2.86. The molecule has 9 heteroatoms. The van der Waals surface area contributed by atoms with Gasteiger partial charge < -0.3 is 10.1 Å². The number of carbonyl (C=O) groups is 3. The van der Waals surface area contributed by atoms with Gasteiger partial charge in [0.15, 0.2) is 11.7 Å². The van der Waals surface area contributed by atoms with Gasteiger partial charge in [-0.3, -0.25) is 30.6 Å². The fourth-order valence-electron chi connectivity index (χ4n) is 3.89. The van der Waals surface area contributed by atoms with E-state index in [1.165, 1.54) is 12.0 Å². The molecule has 0 heterocycles. The molecule has 1 fully saturated rings. The number of ether oxygens (including phenoxy) is 1. The zero-order valence-corrected chi connectivity index (χ0v) is 21.8. The van der Waals surface area contributed by atoms with Crippen LogP contribution in [-0.4, -0.2) is 29.4 Å². The van der Waals surface area contributed by atoms with Gasteiger partial charge in [0.05, 0.1) is 0 Å². The first-order valence-electron chi connectivity index (χ1n) is 12.2. The minimum absolute atomic E-state index is 0.0283. The van der Waals surface area contributed by atoms with Crippen LogP contribution < -0.4 is 26.2 Å². The Hall–Kier alpha value is -3.46. The van der Waals surface area contributed by atoms with Gasteiger partial charge in [-0.25, -0.2) is 0 Å². The van der Waals surface area contributed by atoms with Crippen LogP contribution in [0.3, 0.4) is 0 Å². The number of carbonyl (C=O) groups excluding carboxylic acids is 3. The molecule has 3 amide bonds. The Labute approximate surface area is 217 Å². The van der Waals surface area contributed by atoms with Crippen LogP contribution in [-0.2, 0) is 15.0 Å². The van der Waals surface area contributed by atoms with Gasteiger partial charge in [0.1, 0.15) is 5.75 Å². The van der Waals surface area contributed by atoms with Gasteiger partial charge in [-0.1, -0.05) is 52.2 Å². The molecule has 192 valence electrons. The summed E-state index contributed by atoms with van der Waals surface area (Å²) in [4.78, 5) is 36.8. The van der Waals surface area contributed by atoms with E-state index in [2.05, 4.69) is 42.3 Å². The molecule has 0 atom stereocenters. The highest BCUT2D eigenvalue weighted by Gasteiger charge is 2.21. The third-order valence-electron chi connectivity index (χ3n) is 6.02. The maximum absolute atomic E-state index is 12.4. The number of nitrogens with one attached hydrogen (secondary N) is 4. The highest BCUT2D eigenvalue weighted by atomic mass is 32.1. The van der Waals surface area contributed by atoms with E-state index in [9.17, 15) is 14.4 Å². The SMILES string of the molecule is CC(C)(C)c1ccc(OCC(=O)NC(=S)NNC(=O)c2ccc(NC(=O)C3CCCCC3)cc2)cc1. The summed E-state index contributed by atoms with van der Waals surface area (Å²) < 4.78 is 5.49. The number of hydrogen-bond acceptors (Lipinski definition) is 5. The van der Waals surface area contributed by atoms with E-state index in [1.807, 2.05) is 24.3 Å².